The average molecular weight is 240 g/mol. The van der Waals surface area contributed by atoms with E-state index in [1.807, 2.05) is 0 Å². The van der Waals surface area contributed by atoms with Gasteiger partial charge >= 0.3 is 0 Å². The molecule has 0 heterocycles. The zero-order valence-corrected chi connectivity index (χ0v) is 11.9. The number of hydrogen-bond acceptors (Lipinski definition) is 2. The van der Waals surface area contributed by atoms with Crippen molar-refractivity contribution in [2.45, 2.75) is 90.5 Å². The minimum atomic E-state index is 0.470. The Morgan fingerprint density at radius 3 is 2.24 bits per heavy atom. The second-order valence-corrected chi connectivity index (χ2v) is 6.14. The molecule has 0 amide bonds. The summed E-state index contributed by atoms with van der Waals surface area (Å²) in [6.07, 6.45) is 15.0. The van der Waals surface area contributed by atoms with Crippen molar-refractivity contribution < 1.29 is 0 Å². The van der Waals surface area contributed by atoms with Gasteiger partial charge in [0.05, 0.1) is 0 Å². The molecule has 1 rings (SSSR count). The third-order valence-electron chi connectivity index (χ3n) is 4.63. The van der Waals surface area contributed by atoms with E-state index < -0.39 is 0 Å². The fourth-order valence-corrected chi connectivity index (χ4v) is 3.29. The molecule has 0 aromatic rings. The van der Waals surface area contributed by atoms with Crippen LogP contribution >= 0.6 is 0 Å². The molecule has 102 valence electrons. The van der Waals surface area contributed by atoms with E-state index in [4.69, 9.17) is 5.84 Å². The smallest absolute Gasteiger partial charge is 0.0264 e. The van der Waals surface area contributed by atoms with E-state index in [9.17, 15) is 0 Å². The molecule has 0 bridgehead atoms. The van der Waals surface area contributed by atoms with Gasteiger partial charge < -0.3 is 0 Å². The van der Waals surface area contributed by atoms with Crippen LogP contribution < -0.4 is 11.3 Å². The first-order valence-corrected chi connectivity index (χ1v) is 7.69. The number of hydrazine groups is 1. The number of rotatable bonds is 9. The minimum absolute atomic E-state index is 0.470. The SMILES string of the molecule is CCCCCCCCC(NN)C1(C)CCCC1. The van der Waals surface area contributed by atoms with Gasteiger partial charge in [-0.3, -0.25) is 11.3 Å². The van der Waals surface area contributed by atoms with Crippen molar-refractivity contribution in [2.24, 2.45) is 11.3 Å². The largest absolute Gasteiger partial charge is 0.271 e. The van der Waals surface area contributed by atoms with Crippen molar-refractivity contribution in [3.05, 3.63) is 0 Å². The van der Waals surface area contributed by atoms with Gasteiger partial charge in [-0.2, -0.15) is 0 Å². The third-order valence-corrected chi connectivity index (χ3v) is 4.63. The van der Waals surface area contributed by atoms with Crippen LogP contribution in [0.4, 0.5) is 0 Å². The fraction of sp³-hybridized carbons (Fsp3) is 1.00. The monoisotopic (exact) mass is 240 g/mol. The molecule has 1 unspecified atom stereocenters. The molecule has 0 aliphatic heterocycles. The summed E-state index contributed by atoms with van der Waals surface area (Å²) in [5.41, 5.74) is 3.56. The van der Waals surface area contributed by atoms with Gasteiger partial charge in [0.15, 0.2) is 0 Å². The molecule has 3 N–H and O–H groups in total. The van der Waals surface area contributed by atoms with Crippen LogP contribution in [0.1, 0.15) is 84.5 Å². The molecule has 0 aromatic carbocycles. The lowest BCUT2D eigenvalue weighted by Gasteiger charge is -2.33. The predicted molar refractivity (Wildman–Crippen MR) is 75.7 cm³/mol. The van der Waals surface area contributed by atoms with Crippen molar-refractivity contribution in [3.63, 3.8) is 0 Å². The van der Waals surface area contributed by atoms with Crippen molar-refractivity contribution in [1.82, 2.24) is 5.43 Å². The van der Waals surface area contributed by atoms with Gasteiger partial charge in [0, 0.05) is 6.04 Å². The Bertz CT molecular complexity index is 185. The highest BCUT2D eigenvalue weighted by molar-refractivity contribution is 4.90. The maximum absolute atomic E-state index is 5.75. The minimum Gasteiger partial charge on any atom is -0.271 e. The molecule has 1 saturated carbocycles. The van der Waals surface area contributed by atoms with E-state index in [0.717, 1.165) is 0 Å². The lowest BCUT2D eigenvalue weighted by atomic mass is 9.78. The normalized spacial score (nSPS) is 20.6. The molecule has 2 nitrogen and oxygen atoms in total. The maximum atomic E-state index is 5.75. The van der Waals surface area contributed by atoms with Crippen molar-refractivity contribution in [1.29, 1.82) is 0 Å². The molecule has 2 heteroatoms. The molecule has 0 saturated heterocycles. The summed E-state index contributed by atoms with van der Waals surface area (Å²) in [5.74, 6) is 5.75. The summed E-state index contributed by atoms with van der Waals surface area (Å²) in [7, 11) is 0. The lowest BCUT2D eigenvalue weighted by Crippen LogP contribution is -2.45. The Balaban J connectivity index is 2.14. The van der Waals surface area contributed by atoms with Crippen molar-refractivity contribution in [2.75, 3.05) is 0 Å². The van der Waals surface area contributed by atoms with E-state index >= 15 is 0 Å². The second kappa shape index (κ2) is 8.10. The van der Waals surface area contributed by atoms with Gasteiger partial charge in [-0.05, 0) is 24.7 Å². The van der Waals surface area contributed by atoms with Gasteiger partial charge in [-0.25, -0.2) is 0 Å². The molecule has 1 aliphatic rings. The van der Waals surface area contributed by atoms with E-state index in [0.29, 0.717) is 11.5 Å². The maximum Gasteiger partial charge on any atom is 0.0264 e. The highest BCUT2D eigenvalue weighted by atomic mass is 15.2. The Kier molecular flexibility index (Phi) is 7.14. The molecule has 0 aromatic heterocycles. The van der Waals surface area contributed by atoms with E-state index in [1.54, 1.807) is 0 Å². The van der Waals surface area contributed by atoms with Crippen LogP contribution in [0.15, 0.2) is 0 Å². The Labute approximate surface area is 108 Å². The molecule has 1 aliphatic carbocycles. The van der Waals surface area contributed by atoms with Crippen LogP contribution in [0.2, 0.25) is 0 Å². The summed E-state index contributed by atoms with van der Waals surface area (Å²) in [5, 5.41) is 0. The fourth-order valence-electron chi connectivity index (χ4n) is 3.29. The van der Waals surface area contributed by atoms with Crippen LogP contribution in [0.3, 0.4) is 0 Å². The zero-order chi connectivity index (χ0) is 12.6. The Morgan fingerprint density at radius 2 is 1.65 bits per heavy atom. The molecular formula is C15H32N2. The van der Waals surface area contributed by atoms with E-state index in [-0.39, 0.29) is 0 Å². The van der Waals surface area contributed by atoms with E-state index in [1.165, 1.54) is 70.6 Å². The number of nitrogens with one attached hydrogen (secondary N) is 1. The number of nitrogens with two attached hydrogens (primary N) is 1. The predicted octanol–water partition coefficient (Wildman–Crippen LogP) is 4.15. The topological polar surface area (TPSA) is 38.0 Å². The van der Waals surface area contributed by atoms with Crippen LogP contribution in [0.5, 0.6) is 0 Å². The molecular weight excluding hydrogens is 208 g/mol. The molecule has 0 spiro atoms. The molecule has 1 atom stereocenters. The first kappa shape index (κ1) is 15.0. The standard InChI is InChI=1S/C15H32N2/c1-3-4-5-6-7-8-11-14(17-16)15(2)12-9-10-13-15/h14,17H,3-13,16H2,1-2H3. The Hall–Kier alpha value is -0.0800. The number of unbranched alkanes of at least 4 members (excludes halogenated alkanes) is 5. The summed E-state index contributed by atoms with van der Waals surface area (Å²) in [4.78, 5) is 0. The second-order valence-electron chi connectivity index (χ2n) is 6.14. The summed E-state index contributed by atoms with van der Waals surface area (Å²) in [6, 6.07) is 0.538. The summed E-state index contributed by atoms with van der Waals surface area (Å²) in [6.45, 7) is 4.69. The zero-order valence-electron chi connectivity index (χ0n) is 11.9. The highest BCUT2D eigenvalue weighted by Crippen LogP contribution is 2.41. The number of hydrogen-bond donors (Lipinski definition) is 2. The molecule has 17 heavy (non-hydrogen) atoms. The van der Waals surface area contributed by atoms with Crippen LogP contribution in [0.25, 0.3) is 0 Å². The summed E-state index contributed by atoms with van der Waals surface area (Å²) >= 11 is 0. The van der Waals surface area contributed by atoms with Gasteiger partial charge in [0.25, 0.3) is 0 Å². The highest BCUT2D eigenvalue weighted by Gasteiger charge is 2.35. The third kappa shape index (κ3) is 4.97. The lowest BCUT2D eigenvalue weighted by molar-refractivity contribution is 0.207. The van der Waals surface area contributed by atoms with Gasteiger partial charge in [-0.1, -0.05) is 65.2 Å². The van der Waals surface area contributed by atoms with E-state index in [2.05, 4.69) is 19.3 Å². The van der Waals surface area contributed by atoms with Crippen LogP contribution in [0, 0.1) is 5.41 Å². The van der Waals surface area contributed by atoms with Gasteiger partial charge in [0.2, 0.25) is 0 Å². The average Bonchev–Trinajstić information content (AvgIpc) is 2.76. The summed E-state index contributed by atoms with van der Waals surface area (Å²) < 4.78 is 0. The van der Waals surface area contributed by atoms with Crippen LogP contribution in [-0.2, 0) is 0 Å². The first-order valence-electron chi connectivity index (χ1n) is 7.69. The van der Waals surface area contributed by atoms with Crippen molar-refractivity contribution in [3.8, 4) is 0 Å². The molecule has 0 radical (unpaired) electrons. The van der Waals surface area contributed by atoms with Gasteiger partial charge in [0.1, 0.15) is 0 Å². The Morgan fingerprint density at radius 1 is 1.06 bits per heavy atom. The van der Waals surface area contributed by atoms with Gasteiger partial charge in [-0.15, -0.1) is 0 Å². The first-order chi connectivity index (χ1) is 8.23. The van der Waals surface area contributed by atoms with Crippen molar-refractivity contribution >= 4 is 0 Å². The quantitative estimate of drug-likeness (QED) is 0.361. The molecule has 1 fully saturated rings. The van der Waals surface area contributed by atoms with Crippen LogP contribution in [-0.4, -0.2) is 6.04 Å².